The molecule has 0 radical (unpaired) electrons. The summed E-state index contributed by atoms with van der Waals surface area (Å²) in [7, 11) is 4.06. The highest BCUT2D eigenvalue weighted by Gasteiger charge is 2.21. The molecule has 3 N–H and O–H groups in total. The van der Waals surface area contributed by atoms with Crippen molar-refractivity contribution in [3.8, 4) is 11.3 Å². The number of nitrogen functional groups attached to an aromatic ring is 1. The van der Waals surface area contributed by atoms with Crippen LogP contribution in [-0.4, -0.2) is 59.4 Å². The number of hydrogen-bond acceptors (Lipinski definition) is 6. The molecule has 0 bridgehead atoms. The lowest BCUT2D eigenvalue weighted by Crippen LogP contribution is -2.26. The molecule has 0 aromatic carbocycles. The van der Waals surface area contributed by atoms with Crippen LogP contribution in [0.2, 0.25) is 0 Å². The summed E-state index contributed by atoms with van der Waals surface area (Å²) in [6.45, 7) is 1.57. The SMILES string of the molecule is CN(C)CCOC1C=Nc2[nH]cc(-c3ccnc(N)n3)c2C1. The average molecular weight is 300 g/mol. The van der Waals surface area contributed by atoms with Crippen molar-refractivity contribution in [3.63, 3.8) is 0 Å². The number of H-pyrrole nitrogens is 1. The number of nitrogens with zero attached hydrogens (tertiary/aromatic N) is 4. The molecule has 22 heavy (non-hydrogen) atoms. The fourth-order valence-electron chi connectivity index (χ4n) is 2.42. The van der Waals surface area contributed by atoms with Gasteiger partial charge in [0.05, 0.1) is 18.4 Å². The van der Waals surface area contributed by atoms with E-state index in [9.17, 15) is 0 Å². The van der Waals surface area contributed by atoms with Crippen LogP contribution in [-0.2, 0) is 11.2 Å². The Morgan fingerprint density at radius 1 is 1.45 bits per heavy atom. The van der Waals surface area contributed by atoms with Gasteiger partial charge in [-0.1, -0.05) is 0 Å². The predicted octanol–water partition coefficient (Wildman–Crippen LogP) is 1.26. The van der Waals surface area contributed by atoms with Crippen LogP contribution in [0.3, 0.4) is 0 Å². The molecule has 3 heterocycles. The first-order chi connectivity index (χ1) is 10.6. The van der Waals surface area contributed by atoms with Gasteiger partial charge >= 0.3 is 0 Å². The van der Waals surface area contributed by atoms with Crippen molar-refractivity contribution in [2.24, 2.45) is 4.99 Å². The van der Waals surface area contributed by atoms with Crippen LogP contribution >= 0.6 is 0 Å². The van der Waals surface area contributed by atoms with Gasteiger partial charge in [0.2, 0.25) is 5.95 Å². The third-order valence-corrected chi connectivity index (χ3v) is 3.56. The van der Waals surface area contributed by atoms with E-state index in [1.54, 1.807) is 6.20 Å². The van der Waals surface area contributed by atoms with Gasteiger partial charge in [-0.2, -0.15) is 0 Å². The van der Waals surface area contributed by atoms with E-state index in [2.05, 4.69) is 24.8 Å². The van der Waals surface area contributed by atoms with Crippen molar-refractivity contribution in [2.75, 3.05) is 33.0 Å². The van der Waals surface area contributed by atoms with E-state index in [0.717, 1.165) is 35.6 Å². The number of anilines is 1. The van der Waals surface area contributed by atoms with Gasteiger partial charge in [0.25, 0.3) is 0 Å². The van der Waals surface area contributed by atoms with Gasteiger partial charge in [-0.05, 0) is 20.2 Å². The topological polar surface area (TPSA) is 92.4 Å². The van der Waals surface area contributed by atoms with E-state index >= 15 is 0 Å². The largest absolute Gasteiger partial charge is 0.371 e. The molecule has 1 unspecified atom stereocenters. The van der Waals surface area contributed by atoms with Crippen molar-refractivity contribution in [1.29, 1.82) is 0 Å². The molecule has 0 amide bonds. The summed E-state index contributed by atoms with van der Waals surface area (Å²) in [5.74, 6) is 1.13. The zero-order valence-corrected chi connectivity index (χ0v) is 12.8. The smallest absolute Gasteiger partial charge is 0.220 e. The van der Waals surface area contributed by atoms with Crippen LogP contribution in [0.15, 0.2) is 23.5 Å². The van der Waals surface area contributed by atoms with E-state index < -0.39 is 0 Å². The molecule has 0 saturated carbocycles. The number of ether oxygens (including phenoxy) is 1. The molecule has 2 aromatic heterocycles. The molecule has 7 nitrogen and oxygen atoms in total. The molecular weight excluding hydrogens is 280 g/mol. The van der Waals surface area contributed by atoms with Crippen LogP contribution in [0.1, 0.15) is 5.56 Å². The van der Waals surface area contributed by atoms with Crippen LogP contribution in [0, 0.1) is 0 Å². The Bertz CT molecular complexity index is 678. The minimum Gasteiger partial charge on any atom is -0.371 e. The Morgan fingerprint density at radius 2 is 2.32 bits per heavy atom. The number of aliphatic imine (C=N–C) groups is 1. The standard InChI is InChI=1S/C15H20N6O/c1-21(2)5-6-22-10-7-11-12(9-19-14(11)18-8-10)13-3-4-17-15(16)20-13/h3-4,8-10,19H,5-7H2,1-2H3,(H2,16,17,20). The molecule has 1 atom stereocenters. The molecule has 3 rings (SSSR count). The van der Waals surface area contributed by atoms with Crippen LogP contribution < -0.4 is 5.73 Å². The van der Waals surface area contributed by atoms with Crippen molar-refractivity contribution in [3.05, 3.63) is 24.0 Å². The minimum absolute atomic E-state index is 0.0128. The summed E-state index contributed by atoms with van der Waals surface area (Å²) in [4.78, 5) is 17.9. The molecule has 116 valence electrons. The third-order valence-electron chi connectivity index (χ3n) is 3.56. The van der Waals surface area contributed by atoms with Crippen LogP contribution in [0.4, 0.5) is 11.8 Å². The van der Waals surface area contributed by atoms with Gasteiger partial charge in [0.15, 0.2) is 0 Å². The minimum atomic E-state index is -0.0128. The summed E-state index contributed by atoms with van der Waals surface area (Å²) in [6.07, 6.45) is 6.18. The maximum Gasteiger partial charge on any atom is 0.220 e. The lowest BCUT2D eigenvalue weighted by atomic mass is 10.0. The molecule has 1 aliphatic rings. The quantitative estimate of drug-likeness (QED) is 0.867. The summed E-state index contributed by atoms with van der Waals surface area (Å²) in [5, 5.41) is 0. The Morgan fingerprint density at radius 3 is 3.09 bits per heavy atom. The number of rotatable bonds is 5. The monoisotopic (exact) mass is 300 g/mol. The van der Waals surface area contributed by atoms with E-state index in [0.29, 0.717) is 6.61 Å². The van der Waals surface area contributed by atoms with Gasteiger partial charge in [-0.25, -0.2) is 15.0 Å². The third kappa shape index (κ3) is 3.15. The maximum absolute atomic E-state index is 5.87. The van der Waals surface area contributed by atoms with E-state index in [-0.39, 0.29) is 12.1 Å². The van der Waals surface area contributed by atoms with Gasteiger partial charge in [0.1, 0.15) is 5.82 Å². The van der Waals surface area contributed by atoms with E-state index in [1.807, 2.05) is 32.6 Å². The van der Waals surface area contributed by atoms with Gasteiger partial charge in [0, 0.05) is 42.7 Å². The lowest BCUT2D eigenvalue weighted by Gasteiger charge is -2.19. The van der Waals surface area contributed by atoms with Crippen LogP contribution in [0.25, 0.3) is 11.3 Å². The van der Waals surface area contributed by atoms with Gasteiger partial charge in [-0.3, -0.25) is 0 Å². The molecule has 0 aliphatic carbocycles. The molecule has 0 spiro atoms. The first-order valence-corrected chi connectivity index (χ1v) is 7.23. The van der Waals surface area contributed by atoms with Crippen molar-refractivity contribution >= 4 is 18.0 Å². The highest BCUT2D eigenvalue weighted by molar-refractivity contribution is 5.78. The summed E-state index contributed by atoms with van der Waals surface area (Å²) < 4.78 is 5.87. The fraction of sp³-hybridized carbons (Fsp3) is 0.400. The molecular formula is C15H20N6O. The fourth-order valence-corrected chi connectivity index (χ4v) is 2.42. The molecule has 1 aliphatic heterocycles. The normalized spacial score (nSPS) is 17.0. The number of fused-ring (bicyclic) bond motifs is 1. The van der Waals surface area contributed by atoms with Crippen LogP contribution in [0.5, 0.6) is 0 Å². The first kappa shape index (κ1) is 14.7. The molecule has 0 saturated heterocycles. The second kappa shape index (κ2) is 6.25. The Kier molecular flexibility index (Phi) is 4.17. The second-order valence-electron chi connectivity index (χ2n) is 5.52. The molecule has 0 fully saturated rings. The summed E-state index contributed by atoms with van der Waals surface area (Å²) in [6, 6.07) is 1.85. The molecule has 7 heteroatoms. The summed E-state index contributed by atoms with van der Waals surface area (Å²) >= 11 is 0. The zero-order chi connectivity index (χ0) is 15.5. The number of aromatic amines is 1. The maximum atomic E-state index is 5.87. The van der Waals surface area contributed by atoms with Crippen molar-refractivity contribution in [1.82, 2.24) is 19.9 Å². The first-order valence-electron chi connectivity index (χ1n) is 7.23. The number of hydrogen-bond donors (Lipinski definition) is 2. The Labute approximate surface area is 129 Å². The highest BCUT2D eigenvalue weighted by atomic mass is 16.5. The van der Waals surface area contributed by atoms with E-state index in [4.69, 9.17) is 10.5 Å². The number of nitrogens with two attached hydrogens (primary N) is 1. The average Bonchev–Trinajstić information content (AvgIpc) is 2.90. The van der Waals surface area contributed by atoms with E-state index in [1.165, 1.54) is 0 Å². The summed E-state index contributed by atoms with van der Waals surface area (Å²) in [5.41, 5.74) is 8.58. The zero-order valence-electron chi connectivity index (χ0n) is 12.8. The highest BCUT2D eigenvalue weighted by Crippen LogP contribution is 2.33. The van der Waals surface area contributed by atoms with Gasteiger partial charge < -0.3 is 20.4 Å². The molecule has 2 aromatic rings. The van der Waals surface area contributed by atoms with Crippen molar-refractivity contribution < 1.29 is 4.74 Å². The lowest BCUT2D eigenvalue weighted by molar-refractivity contribution is 0.0873. The number of nitrogens with one attached hydrogen (secondary N) is 1. The number of likely N-dealkylation sites (N-methyl/N-ethyl adjacent to an activating group) is 1. The van der Waals surface area contributed by atoms with Gasteiger partial charge in [-0.15, -0.1) is 0 Å². The Balaban J connectivity index is 1.77. The second-order valence-corrected chi connectivity index (χ2v) is 5.52. The number of aromatic nitrogens is 3. The Hall–Kier alpha value is -2.25. The van der Waals surface area contributed by atoms with Crippen molar-refractivity contribution in [2.45, 2.75) is 12.5 Å². The predicted molar refractivity (Wildman–Crippen MR) is 86.4 cm³/mol.